The highest BCUT2D eigenvalue weighted by atomic mass is 32.1. The molecule has 0 aliphatic carbocycles. The van der Waals surface area contributed by atoms with Crippen LogP contribution in [0.5, 0.6) is 5.75 Å². The molecule has 0 spiro atoms. The largest absolute Gasteiger partial charge is 0.489 e. The van der Waals surface area contributed by atoms with E-state index in [-0.39, 0.29) is 6.10 Å². The fraction of sp³-hybridized carbons (Fsp3) is 0.429. The van der Waals surface area contributed by atoms with E-state index in [0.29, 0.717) is 0 Å². The van der Waals surface area contributed by atoms with Gasteiger partial charge in [-0.15, -0.1) is 10.2 Å². The monoisotopic (exact) mass is 277 g/mol. The summed E-state index contributed by atoms with van der Waals surface area (Å²) in [5, 5.41) is 13.1. The third-order valence-electron chi connectivity index (χ3n) is 2.75. The Bertz CT molecular complexity index is 527. The summed E-state index contributed by atoms with van der Waals surface area (Å²) < 4.78 is 5.97. The first-order valence-corrected chi connectivity index (χ1v) is 7.26. The first-order chi connectivity index (χ1) is 9.17. The minimum absolute atomic E-state index is 0.131. The zero-order valence-corrected chi connectivity index (χ0v) is 12.3. The quantitative estimate of drug-likeness (QED) is 0.879. The maximum atomic E-state index is 5.97. The molecule has 5 heteroatoms. The molecule has 4 nitrogen and oxygen atoms in total. The first kappa shape index (κ1) is 13.8. The van der Waals surface area contributed by atoms with Crippen LogP contribution >= 0.6 is 11.3 Å². The van der Waals surface area contributed by atoms with E-state index in [4.69, 9.17) is 4.74 Å². The molecule has 0 saturated carbocycles. The summed E-state index contributed by atoms with van der Waals surface area (Å²) in [6.45, 7) is 6.87. The third kappa shape index (κ3) is 4.21. The fourth-order valence-electron chi connectivity index (χ4n) is 1.72. The molecular weight excluding hydrogens is 258 g/mol. The molecule has 2 aromatic rings. The van der Waals surface area contributed by atoms with Crippen molar-refractivity contribution in [1.29, 1.82) is 0 Å². The summed E-state index contributed by atoms with van der Waals surface area (Å²) in [7, 11) is 0. The van der Waals surface area contributed by atoms with Crippen molar-refractivity contribution in [2.45, 2.75) is 33.3 Å². The zero-order valence-electron chi connectivity index (χ0n) is 11.5. The average Bonchev–Trinajstić information content (AvgIpc) is 2.80. The van der Waals surface area contributed by atoms with E-state index in [1.165, 1.54) is 5.56 Å². The van der Waals surface area contributed by atoms with Gasteiger partial charge >= 0.3 is 0 Å². The Kier molecular flexibility index (Phi) is 4.74. The van der Waals surface area contributed by atoms with Crippen molar-refractivity contribution in [2.24, 2.45) is 0 Å². The predicted octanol–water partition coefficient (Wildman–Crippen LogP) is 3.42. The Labute approximate surface area is 117 Å². The Morgan fingerprint density at radius 1 is 1.32 bits per heavy atom. The molecular formula is C14H19N3OS. The highest BCUT2D eigenvalue weighted by Crippen LogP contribution is 2.17. The van der Waals surface area contributed by atoms with Gasteiger partial charge in [-0.2, -0.15) is 0 Å². The van der Waals surface area contributed by atoms with Gasteiger partial charge in [0.05, 0.1) is 6.54 Å². The summed E-state index contributed by atoms with van der Waals surface area (Å²) in [4.78, 5) is 0. The number of aromatic nitrogens is 2. The van der Waals surface area contributed by atoms with Crippen molar-refractivity contribution in [2.75, 3.05) is 11.9 Å². The molecule has 1 heterocycles. The van der Waals surface area contributed by atoms with Gasteiger partial charge in [0.2, 0.25) is 5.13 Å². The molecule has 1 atom stereocenters. The van der Waals surface area contributed by atoms with Crippen molar-refractivity contribution in [3.8, 4) is 5.75 Å². The van der Waals surface area contributed by atoms with Crippen LogP contribution in [-0.2, 0) is 0 Å². The van der Waals surface area contributed by atoms with Gasteiger partial charge in [-0.05, 0) is 38.0 Å². The van der Waals surface area contributed by atoms with Crippen LogP contribution in [-0.4, -0.2) is 22.8 Å². The van der Waals surface area contributed by atoms with Gasteiger partial charge in [-0.1, -0.05) is 30.4 Å². The van der Waals surface area contributed by atoms with Gasteiger partial charge in [0.15, 0.2) is 0 Å². The highest BCUT2D eigenvalue weighted by Gasteiger charge is 2.09. The van der Waals surface area contributed by atoms with Crippen molar-refractivity contribution < 1.29 is 4.74 Å². The van der Waals surface area contributed by atoms with E-state index in [1.807, 2.05) is 19.1 Å². The third-order valence-corrected chi connectivity index (χ3v) is 3.55. The molecule has 0 saturated heterocycles. The lowest BCUT2D eigenvalue weighted by molar-refractivity contribution is 0.210. The van der Waals surface area contributed by atoms with Gasteiger partial charge < -0.3 is 10.1 Å². The van der Waals surface area contributed by atoms with Gasteiger partial charge in [0.1, 0.15) is 16.9 Å². The Morgan fingerprint density at radius 2 is 2.16 bits per heavy atom. The Hall–Kier alpha value is -1.62. The molecule has 0 aliphatic heterocycles. The molecule has 0 radical (unpaired) electrons. The van der Waals surface area contributed by atoms with E-state index in [1.54, 1.807) is 11.3 Å². The lowest BCUT2D eigenvalue weighted by Gasteiger charge is -2.18. The first-order valence-electron chi connectivity index (χ1n) is 6.44. The standard InChI is InChI=1S/C14H19N3OS/c1-4-12(9-15-14-17-16-11(3)19-14)18-13-7-5-6-10(2)8-13/h5-8,12H,4,9H2,1-3H3,(H,15,17). The van der Waals surface area contributed by atoms with Crippen molar-refractivity contribution >= 4 is 16.5 Å². The van der Waals surface area contributed by atoms with E-state index in [0.717, 1.165) is 28.9 Å². The molecule has 0 aliphatic rings. The van der Waals surface area contributed by atoms with Crippen molar-refractivity contribution in [1.82, 2.24) is 10.2 Å². The molecule has 0 fully saturated rings. The number of hydrogen-bond donors (Lipinski definition) is 1. The number of nitrogens with one attached hydrogen (secondary N) is 1. The number of benzene rings is 1. The van der Waals surface area contributed by atoms with Crippen LogP contribution in [0.15, 0.2) is 24.3 Å². The normalized spacial score (nSPS) is 12.2. The Balaban J connectivity index is 1.89. The zero-order chi connectivity index (χ0) is 13.7. The topological polar surface area (TPSA) is 47.0 Å². The van der Waals surface area contributed by atoms with Crippen LogP contribution in [0, 0.1) is 13.8 Å². The predicted molar refractivity (Wildman–Crippen MR) is 79.0 cm³/mol. The van der Waals surface area contributed by atoms with Crippen LogP contribution in [0.2, 0.25) is 0 Å². The number of rotatable bonds is 6. The van der Waals surface area contributed by atoms with Gasteiger partial charge in [-0.25, -0.2) is 0 Å². The lowest BCUT2D eigenvalue weighted by atomic mass is 10.2. The lowest BCUT2D eigenvalue weighted by Crippen LogP contribution is -2.25. The molecule has 2 rings (SSSR count). The van der Waals surface area contributed by atoms with Crippen molar-refractivity contribution in [3.05, 3.63) is 34.8 Å². The fourth-order valence-corrected chi connectivity index (χ4v) is 2.32. The minimum atomic E-state index is 0.131. The van der Waals surface area contributed by atoms with E-state index in [9.17, 15) is 0 Å². The average molecular weight is 277 g/mol. The molecule has 1 aromatic heterocycles. The number of hydrogen-bond acceptors (Lipinski definition) is 5. The number of ether oxygens (including phenoxy) is 1. The maximum absolute atomic E-state index is 5.97. The van der Waals surface area contributed by atoms with E-state index >= 15 is 0 Å². The number of anilines is 1. The van der Waals surface area contributed by atoms with Gasteiger partial charge in [0.25, 0.3) is 0 Å². The second-order valence-electron chi connectivity index (χ2n) is 4.47. The van der Waals surface area contributed by atoms with Crippen LogP contribution in [0.4, 0.5) is 5.13 Å². The summed E-state index contributed by atoms with van der Waals surface area (Å²) >= 11 is 1.56. The van der Waals surface area contributed by atoms with Crippen LogP contribution in [0.3, 0.4) is 0 Å². The molecule has 19 heavy (non-hydrogen) atoms. The van der Waals surface area contributed by atoms with Crippen LogP contribution in [0.25, 0.3) is 0 Å². The van der Waals surface area contributed by atoms with Crippen molar-refractivity contribution in [3.63, 3.8) is 0 Å². The van der Waals surface area contributed by atoms with E-state index < -0.39 is 0 Å². The summed E-state index contributed by atoms with van der Waals surface area (Å²) in [5.74, 6) is 0.919. The molecule has 1 unspecified atom stereocenters. The molecule has 0 amide bonds. The second kappa shape index (κ2) is 6.52. The van der Waals surface area contributed by atoms with Gasteiger partial charge in [0, 0.05) is 0 Å². The maximum Gasteiger partial charge on any atom is 0.205 e. The SMILES string of the molecule is CCC(CNc1nnc(C)s1)Oc1cccc(C)c1. The number of aryl methyl sites for hydroxylation is 2. The summed E-state index contributed by atoms with van der Waals surface area (Å²) in [6.07, 6.45) is 1.07. The van der Waals surface area contributed by atoms with Crippen LogP contribution in [0.1, 0.15) is 23.9 Å². The number of nitrogens with zero attached hydrogens (tertiary/aromatic N) is 2. The smallest absolute Gasteiger partial charge is 0.205 e. The highest BCUT2D eigenvalue weighted by molar-refractivity contribution is 7.15. The molecule has 1 aromatic carbocycles. The summed E-state index contributed by atoms with van der Waals surface area (Å²) in [5.41, 5.74) is 1.21. The van der Waals surface area contributed by atoms with Crippen LogP contribution < -0.4 is 10.1 Å². The molecule has 1 N–H and O–H groups in total. The summed E-state index contributed by atoms with van der Waals surface area (Å²) in [6, 6.07) is 8.12. The molecule has 0 bridgehead atoms. The Morgan fingerprint density at radius 3 is 2.79 bits per heavy atom. The minimum Gasteiger partial charge on any atom is -0.489 e. The van der Waals surface area contributed by atoms with Gasteiger partial charge in [-0.3, -0.25) is 0 Å². The molecule has 102 valence electrons. The second-order valence-corrected chi connectivity index (χ2v) is 5.65. The van der Waals surface area contributed by atoms with E-state index in [2.05, 4.69) is 41.5 Å².